The first kappa shape index (κ1) is 10.9. The number of nitrogens with zero attached hydrogens (tertiary/aromatic N) is 1. The number of pyridine rings is 1. The van der Waals surface area contributed by atoms with Gasteiger partial charge in [0.15, 0.2) is 5.82 Å². The highest BCUT2D eigenvalue weighted by molar-refractivity contribution is 6.35. The van der Waals surface area contributed by atoms with Crippen molar-refractivity contribution in [2.24, 2.45) is 5.84 Å². The van der Waals surface area contributed by atoms with Gasteiger partial charge in [0.1, 0.15) is 0 Å². The van der Waals surface area contributed by atoms with Crippen molar-refractivity contribution in [3.63, 3.8) is 0 Å². The maximum atomic E-state index is 6.18. The SMILES string of the molecule is Cc1ccc(-c2ccnc(NN)c2Cl)cc1. The van der Waals surface area contributed by atoms with E-state index in [-0.39, 0.29) is 0 Å². The molecule has 0 unspecified atom stereocenters. The Bertz CT molecular complexity index is 494. The minimum absolute atomic E-state index is 0.486. The summed E-state index contributed by atoms with van der Waals surface area (Å²) in [5.74, 6) is 5.81. The molecule has 1 aromatic heterocycles. The molecule has 0 amide bonds. The van der Waals surface area contributed by atoms with Crippen LogP contribution in [0.4, 0.5) is 5.82 Å². The van der Waals surface area contributed by atoms with Gasteiger partial charge in [0.2, 0.25) is 0 Å². The Morgan fingerprint density at radius 3 is 2.50 bits per heavy atom. The van der Waals surface area contributed by atoms with Gasteiger partial charge in [-0.2, -0.15) is 0 Å². The van der Waals surface area contributed by atoms with Gasteiger partial charge >= 0.3 is 0 Å². The lowest BCUT2D eigenvalue weighted by atomic mass is 10.1. The van der Waals surface area contributed by atoms with Crippen molar-refractivity contribution in [3.8, 4) is 11.1 Å². The molecule has 1 heterocycles. The van der Waals surface area contributed by atoms with Crippen LogP contribution in [0.5, 0.6) is 0 Å². The third kappa shape index (κ3) is 2.01. The number of aromatic nitrogens is 1. The summed E-state index contributed by atoms with van der Waals surface area (Å²) in [7, 11) is 0. The average Bonchev–Trinajstić information content (AvgIpc) is 2.31. The molecular formula is C12H12ClN3. The Kier molecular flexibility index (Phi) is 3.08. The summed E-state index contributed by atoms with van der Waals surface area (Å²) in [6.45, 7) is 2.05. The molecule has 0 fully saturated rings. The number of nitrogens with two attached hydrogens (primary N) is 1. The van der Waals surface area contributed by atoms with Crippen molar-refractivity contribution in [3.05, 3.63) is 47.1 Å². The van der Waals surface area contributed by atoms with E-state index in [0.29, 0.717) is 10.8 Å². The Balaban J connectivity index is 2.51. The maximum absolute atomic E-state index is 6.18. The monoisotopic (exact) mass is 233 g/mol. The predicted octanol–water partition coefficient (Wildman–Crippen LogP) is 3.00. The van der Waals surface area contributed by atoms with Gasteiger partial charge in [-0.1, -0.05) is 41.4 Å². The lowest BCUT2D eigenvalue weighted by molar-refractivity contribution is 1.23. The summed E-state index contributed by atoms with van der Waals surface area (Å²) >= 11 is 6.18. The van der Waals surface area contributed by atoms with Gasteiger partial charge in [0.25, 0.3) is 0 Å². The van der Waals surface area contributed by atoms with Crippen molar-refractivity contribution in [1.29, 1.82) is 0 Å². The summed E-state index contributed by atoms with van der Waals surface area (Å²) in [5, 5.41) is 0.536. The molecule has 0 bridgehead atoms. The van der Waals surface area contributed by atoms with E-state index in [1.165, 1.54) is 5.56 Å². The number of aryl methyl sites for hydroxylation is 1. The molecule has 4 heteroatoms. The first-order valence-electron chi connectivity index (χ1n) is 4.90. The zero-order chi connectivity index (χ0) is 11.5. The second-order valence-corrected chi connectivity index (χ2v) is 3.91. The average molecular weight is 234 g/mol. The molecule has 2 aromatic rings. The molecule has 0 aliphatic carbocycles. The van der Waals surface area contributed by atoms with Crippen LogP contribution in [0, 0.1) is 6.92 Å². The highest BCUT2D eigenvalue weighted by atomic mass is 35.5. The van der Waals surface area contributed by atoms with Crippen LogP contribution in [0.25, 0.3) is 11.1 Å². The van der Waals surface area contributed by atoms with E-state index in [1.807, 2.05) is 37.3 Å². The van der Waals surface area contributed by atoms with E-state index in [9.17, 15) is 0 Å². The topological polar surface area (TPSA) is 50.9 Å². The summed E-state index contributed by atoms with van der Waals surface area (Å²) in [4.78, 5) is 4.03. The summed E-state index contributed by atoms with van der Waals surface area (Å²) in [5.41, 5.74) is 5.66. The van der Waals surface area contributed by atoms with Gasteiger partial charge in [0.05, 0.1) is 5.02 Å². The normalized spacial score (nSPS) is 10.2. The van der Waals surface area contributed by atoms with Crippen molar-refractivity contribution >= 4 is 17.4 Å². The number of hydrogen-bond acceptors (Lipinski definition) is 3. The van der Waals surface area contributed by atoms with Crippen molar-refractivity contribution in [1.82, 2.24) is 4.98 Å². The number of nitrogens with one attached hydrogen (secondary N) is 1. The molecular weight excluding hydrogens is 222 g/mol. The van der Waals surface area contributed by atoms with Crippen LogP contribution >= 0.6 is 11.6 Å². The quantitative estimate of drug-likeness (QED) is 0.619. The van der Waals surface area contributed by atoms with E-state index in [2.05, 4.69) is 10.4 Å². The van der Waals surface area contributed by atoms with E-state index in [0.717, 1.165) is 11.1 Å². The van der Waals surface area contributed by atoms with E-state index in [4.69, 9.17) is 17.4 Å². The number of anilines is 1. The van der Waals surface area contributed by atoms with Crippen LogP contribution in [-0.4, -0.2) is 4.98 Å². The van der Waals surface area contributed by atoms with Crippen LogP contribution in [0.1, 0.15) is 5.56 Å². The molecule has 0 saturated carbocycles. The molecule has 1 aromatic carbocycles. The first-order chi connectivity index (χ1) is 7.72. The molecule has 3 nitrogen and oxygen atoms in total. The van der Waals surface area contributed by atoms with Crippen molar-refractivity contribution < 1.29 is 0 Å². The molecule has 2 rings (SSSR count). The second-order valence-electron chi connectivity index (χ2n) is 3.53. The number of hydrogen-bond donors (Lipinski definition) is 2. The standard InChI is InChI=1S/C12H12ClN3/c1-8-2-4-9(5-3-8)10-6-7-15-12(16-14)11(10)13/h2-7H,14H2,1H3,(H,15,16). The summed E-state index contributed by atoms with van der Waals surface area (Å²) in [6, 6.07) is 10.0. The minimum atomic E-state index is 0.486. The zero-order valence-electron chi connectivity index (χ0n) is 8.87. The fourth-order valence-electron chi connectivity index (χ4n) is 1.50. The van der Waals surface area contributed by atoms with Crippen molar-refractivity contribution in [2.45, 2.75) is 6.92 Å². The highest BCUT2D eigenvalue weighted by Crippen LogP contribution is 2.31. The molecule has 0 spiro atoms. The summed E-state index contributed by atoms with van der Waals surface area (Å²) < 4.78 is 0. The van der Waals surface area contributed by atoms with E-state index in [1.54, 1.807) is 6.20 Å². The van der Waals surface area contributed by atoms with Crippen LogP contribution < -0.4 is 11.3 Å². The molecule has 0 radical (unpaired) electrons. The maximum Gasteiger partial charge on any atom is 0.159 e. The smallest absolute Gasteiger partial charge is 0.159 e. The highest BCUT2D eigenvalue weighted by Gasteiger charge is 2.07. The van der Waals surface area contributed by atoms with E-state index >= 15 is 0 Å². The third-order valence-corrected chi connectivity index (χ3v) is 2.77. The molecule has 0 saturated heterocycles. The van der Waals surface area contributed by atoms with Gasteiger partial charge in [0, 0.05) is 11.8 Å². The molecule has 0 aliphatic heterocycles. The summed E-state index contributed by atoms with van der Waals surface area (Å²) in [6.07, 6.45) is 1.68. The van der Waals surface area contributed by atoms with Crippen molar-refractivity contribution in [2.75, 3.05) is 5.43 Å². The van der Waals surface area contributed by atoms with Gasteiger partial charge < -0.3 is 5.43 Å². The molecule has 0 atom stereocenters. The largest absolute Gasteiger partial charge is 0.307 e. The lowest BCUT2D eigenvalue weighted by Gasteiger charge is -2.08. The molecule has 3 N–H and O–H groups in total. The predicted molar refractivity (Wildman–Crippen MR) is 67.2 cm³/mol. The number of hydrazine groups is 1. The second kappa shape index (κ2) is 4.51. The fraction of sp³-hybridized carbons (Fsp3) is 0.0833. The number of halogens is 1. The Morgan fingerprint density at radius 1 is 1.19 bits per heavy atom. The number of nitrogen functional groups attached to an aromatic ring is 1. The van der Waals surface area contributed by atoms with Crippen LogP contribution in [0.15, 0.2) is 36.5 Å². The van der Waals surface area contributed by atoms with E-state index < -0.39 is 0 Å². The third-order valence-electron chi connectivity index (χ3n) is 2.39. The van der Waals surface area contributed by atoms with Crippen LogP contribution in [0.2, 0.25) is 5.02 Å². The Hall–Kier alpha value is -1.58. The lowest BCUT2D eigenvalue weighted by Crippen LogP contribution is -2.09. The Morgan fingerprint density at radius 2 is 1.88 bits per heavy atom. The number of rotatable bonds is 2. The first-order valence-corrected chi connectivity index (χ1v) is 5.28. The molecule has 82 valence electrons. The Labute approximate surface area is 99.2 Å². The van der Waals surface area contributed by atoms with Gasteiger partial charge in [-0.25, -0.2) is 10.8 Å². The van der Waals surface area contributed by atoms with Crippen LogP contribution in [-0.2, 0) is 0 Å². The fourth-order valence-corrected chi connectivity index (χ4v) is 1.78. The molecule has 0 aliphatic rings. The zero-order valence-corrected chi connectivity index (χ0v) is 9.62. The van der Waals surface area contributed by atoms with Crippen LogP contribution in [0.3, 0.4) is 0 Å². The van der Waals surface area contributed by atoms with Gasteiger partial charge in [-0.3, -0.25) is 0 Å². The minimum Gasteiger partial charge on any atom is -0.307 e. The number of benzene rings is 1. The van der Waals surface area contributed by atoms with Gasteiger partial charge in [-0.15, -0.1) is 0 Å². The molecule has 16 heavy (non-hydrogen) atoms. The van der Waals surface area contributed by atoms with Gasteiger partial charge in [-0.05, 0) is 18.6 Å².